The fourth-order valence-electron chi connectivity index (χ4n) is 2.04. The third kappa shape index (κ3) is 2.86. The molecule has 106 valence electrons. The van der Waals surface area contributed by atoms with E-state index in [2.05, 4.69) is 4.98 Å². The molecule has 1 heterocycles. The van der Waals surface area contributed by atoms with Crippen LogP contribution in [0.2, 0.25) is 0 Å². The van der Waals surface area contributed by atoms with Crippen molar-refractivity contribution >= 4 is 17.1 Å². The third-order valence-corrected chi connectivity index (χ3v) is 3.02. The molecule has 0 aliphatic heterocycles. The van der Waals surface area contributed by atoms with Crippen molar-refractivity contribution in [3.63, 3.8) is 0 Å². The summed E-state index contributed by atoms with van der Waals surface area (Å²) in [4.78, 5) is 15.4. The fourth-order valence-corrected chi connectivity index (χ4v) is 2.04. The van der Waals surface area contributed by atoms with Gasteiger partial charge in [-0.05, 0) is 24.3 Å². The molecule has 0 bridgehead atoms. The van der Waals surface area contributed by atoms with E-state index in [0.717, 1.165) is 5.75 Å². The highest BCUT2D eigenvalue weighted by atomic mass is 16.5. The van der Waals surface area contributed by atoms with Gasteiger partial charge in [-0.3, -0.25) is 0 Å². The highest BCUT2D eigenvalue weighted by Crippen LogP contribution is 2.20. The van der Waals surface area contributed by atoms with Gasteiger partial charge in [-0.25, -0.2) is 9.78 Å². The molecule has 5 nitrogen and oxygen atoms in total. The highest BCUT2D eigenvalue weighted by Gasteiger charge is 2.14. The van der Waals surface area contributed by atoms with Gasteiger partial charge in [-0.2, -0.15) is 0 Å². The number of hydrogen-bond acceptors (Lipinski definition) is 4. The highest BCUT2D eigenvalue weighted by molar-refractivity contribution is 5.99. The van der Waals surface area contributed by atoms with Gasteiger partial charge in [0.1, 0.15) is 16.8 Å². The number of oxazole rings is 1. The van der Waals surface area contributed by atoms with E-state index in [1.165, 1.54) is 6.07 Å². The number of carboxylic acids is 1. The lowest BCUT2D eigenvalue weighted by Gasteiger charge is -2.03. The van der Waals surface area contributed by atoms with Crippen LogP contribution in [0.25, 0.3) is 11.1 Å². The molecule has 0 saturated carbocycles. The monoisotopic (exact) mass is 283 g/mol. The van der Waals surface area contributed by atoms with E-state index in [1.807, 2.05) is 30.3 Å². The van der Waals surface area contributed by atoms with Gasteiger partial charge < -0.3 is 14.3 Å². The molecule has 0 spiro atoms. The van der Waals surface area contributed by atoms with Gasteiger partial charge in [0, 0.05) is 0 Å². The van der Waals surface area contributed by atoms with Crippen LogP contribution in [0.1, 0.15) is 16.2 Å². The second-order valence-electron chi connectivity index (χ2n) is 4.48. The van der Waals surface area contributed by atoms with Crippen LogP contribution in [-0.2, 0) is 6.42 Å². The van der Waals surface area contributed by atoms with Gasteiger partial charge in [0.2, 0.25) is 0 Å². The van der Waals surface area contributed by atoms with Crippen molar-refractivity contribution in [1.82, 2.24) is 4.98 Å². The van der Waals surface area contributed by atoms with Crippen LogP contribution in [0.4, 0.5) is 0 Å². The number of fused-ring (bicyclic) bond motifs is 1. The molecule has 0 aliphatic rings. The number of ether oxygens (including phenoxy) is 1. The number of carboxylic acid groups (broad SMARTS) is 1. The Labute approximate surface area is 120 Å². The van der Waals surface area contributed by atoms with E-state index < -0.39 is 5.97 Å². The van der Waals surface area contributed by atoms with Crippen molar-refractivity contribution in [2.75, 3.05) is 6.61 Å². The van der Waals surface area contributed by atoms with Crippen molar-refractivity contribution in [3.8, 4) is 5.75 Å². The van der Waals surface area contributed by atoms with Gasteiger partial charge in [0.25, 0.3) is 0 Å². The van der Waals surface area contributed by atoms with Crippen molar-refractivity contribution in [2.45, 2.75) is 6.42 Å². The topological polar surface area (TPSA) is 72.6 Å². The van der Waals surface area contributed by atoms with Crippen LogP contribution >= 0.6 is 0 Å². The summed E-state index contributed by atoms with van der Waals surface area (Å²) < 4.78 is 11.1. The van der Waals surface area contributed by atoms with E-state index in [0.29, 0.717) is 30.0 Å². The normalized spacial score (nSPS) is 10.7. The molecule has 0 fully saturated rings. The van der Waals surface area contributed by atoms with E-state index >= 15 is 0 Å². The van der Waals surface area contributed by atoms with Gasteiger partial charge >= 0.3 is 5.97 Å². The minimum Gasteiger partial charge on any atom is -0.493 e. The minimum atomic E-state index is -1.02. The number of para-hydroxylation sites is 2. The van der Waals surface area contributed by atoms with Crippen molar-refractivity contribution < 1.29 is 19.1 Å². The molecule has 0 unspecified atom stereocenters. The Morgan fingerprint density at radius 2 is 1.95 bits per heavy atom. The quantitative estimate of drug-likeness (QED) is 0.778. The Morgan fingerprint density at radius 3 is 2.71 bits per heavy atom. The van der Waals surface area contributed by atoms with Crippen molar-refractivity contribution in [3.05, 3.63) is 60.0 Å². The summed E-state index contributed by atoms with van der Waals surface area (Å²) in [6.07, 6.45) is 0.475. The van der Waals surface area contributed by atoms with Gasteiger partial charge in [-0.1, -0.05) is 24.3 Å². The second-order valence-corrected chi connectivity index (χ2v) is 4.48. The Kier molecular flexibility index (Phi) is 3.55. The Morgan fingerprint density at radius 1 is 1.14 bits per heavy atom. The first-order chi connectivity index (χ1) is 10.2. The summed E-state index contributed by atoms with van der Waals surface area (Å²) in [5.41, 5.74) is 0.972. The number of aromatic carboxylic acids is 1. The van der Waals surface area contributed by atoms with E-state index in [4.69, 9.17) is 14.3 Å². The standard InChI is InChI=1S/C16H13NO4/c18-16(19)12-7-4-8-13-15(12)21-14(17-13)9-10-20-11-5-2-1-3-6-11/h1-8H,9-10H2,(H,18,19). The molecule has 5 heteroatoms. The van der Waals surface area contributed by atoms with Crippen LogP contribution < -0.4 is 4.74 Å². The minimum absolute atomic E-state index is 0.121. The molecule has 1 N–H and O–H groups in total. The first kappa shape index (κ1) is 13.2. The first-order valence-corrected chi connectivity index (χ1v) is 6.53. The lowest BCUT2D eigenvalue weighted by molar-refractivity contribution is 0.0698. The van der Waals surface area contributed by atoms with Gasteiger partial charge in [0.05, 0.1) is 13.0 Å². The largest absolute Gasteiger partial charge is 0.493 e. The summed E-state index contributed by atoms with van der Waals surface area (Å²) in [7, 11) is 0. The molecule has 3 aromatic rings. The van der Waals surface area contributed by atoms with Crippen LogP contribution in [0.5, 0.6) is 5.75 Å². The molecule has 0 amide bonds. The van der Waals surface area contributed by atoms with Crippen molar-refractivity contribution in [1.29, 1.82) is 0 Å². The van der Waals surface area contributed by atoms with E-state index in [-0.39, 0.29) is 5.56 Å². The Balaban J connectivity index is 1.73. The molecular weight excluding hydrogens is 270 g/mol. The van der Waals surface area contributed by atoms with Crippen molar-refractivity contribution in [2.24, 2.45) is 0 Å². The average Bonchev–Trinajstić information content (AvgIpc) is 2.90. The summed E-state index contributed by atoms with van der Waals surface area (Å²) in [5, 5.41) is 9.10. The van der Waals surface area contributed by atoms with Gasteiger partial charge in [-0.15, -0.1) is 0 Å². The lowest BCUT2D eigenvalue weighted by atomic mass is 10.2. The maximum atomic E-state index is 11.1. The maximum absolute atomic E-state index is 11.1. The lowest BCUT2D eigenvalue weighted by Crippen LogP contribution is -2.01. The number of carbonyl (C=O) groups is 1. The Bertz CT molecular complexity index is 764. The van der Waals surface area contributed by atoms with E-state index in [9.17, 15) is 4.79 Å². The molecule has 0 radical (unpaired) electrons. The first-order valence-electron chi connectivity index (χ1n) is 6.53. The number of nitrogens with zero attached hydrogens (tertiary/aromatic N) is 1. The number of rotatable bonds is 5. The summed E-state index contributed by atoms with van der Waals surface area (Å²) in [6.45, 7) is 0.416. The average molecular weight is 283 g/mol. The summed E-state index contributed by atoms with van der Waals surface area (Å²) in [5.74, 6) is 0.221. The summed E-state index contributed by atoms with van der Waals surface area (Å²) >= 11 is 0. The molecule has 0 saturated heterocycles. The number of hydrogen-bond donors (Lipinski definition) is 1. The molecule has 0 aliphatic carbocycles. The zero-order valence-electron chi connectivity index (χ0n) is 11.2. The summed E-state index contributed by atoms with van der Waals surface area (Å²) in [6, 6.07) is 14.3. The maximum Gasteiger partial charge on any atom is 0.339 e. The predicted octanol–water partition coefficient (Wildman–Crippen LogP) is 3.15. The Hall–Kier alpha value is -2.82. The smallest absolute Gasteiger partial charge is 0.339 e. The van der Waals surface area contributed by atoms with E-state index in [1.54, 1.807) is 12.1 Å². The number of aromatic nitrogens is 1. The molecule has 0 atom stereocenters. The molecule has 2 aromatic carbocycles. The van der Waals surface area contributed by atoms with Crippen LogP contribution in [-0.4, -0.2) is 22.7 Å². The second kappa shape index (κ2) is 5.66. The molecule has 3 rings (SSSR count). The zero-order valence-corrected chi connectivity index (χ0v) is 11.2. The SMILES string of the molecule is O=C(O)c1cccc2nc(CCOc3ccccc3)oc12. The third-order valence-electron chi connectivity index (χ3n) is 3.02. The molecule has 1 aromatic heterocycles. The molecule has 21 heavy (non-hydrogen) atoms. The number of benzene rings is 2. The fraction of sp³-hybridized carbons (Fsp3) is 0.125. The van der Waals surface area contributed by atoms with Gasteiger partial charge in [0.15, 0.2) is 11.5 Å². The predicted molar refractivity (Wildman–Crippen MR) is 76.6 cm³/mol. The molecular formula is C16H13NO4. The van der Waals surface area contributed by atoms with Crippen LogP contribution in [0.15, 0.2) is 52.9 Å². The zero-order chi connectivity index (χ0) is 14.7. The van der Waals surface area contributed by atoms with Crippen LogP contribution in [0, 0.1) is 0 Å². The van der Waals surface area contributed by atoms with Crippen LogP contribution in [0.3, 0.4) is 0 Å².